The van der Waals surface area contributed by atoms with E-state index in [9.17, 15) is 14.3 Å². The molecule has 6 heteroatoms. The van der Waals surface area contributed by atoms with Crippen molar-refractivity contribution in [1.82, 2.24) is 4.90 Å². The number of piperidine rings is 1. The van der Waals surface area contributed by atoms with Crippen LogP contribution in [0.5, 0.6) is 5.75 Å². The highest BCUT2D eigenvalue weighted by Crippen LogP contribution is 2.31. The lowest BCUT2D eigenvalue weighted by Gasteiger charge is -2.40. The van der Waals surface area contributed by atoms with Gasteiger partial charge in [-0.05, 0) is 58.7 Å². The molecule has 5 nitrogen and oxygen atoms in total. The first-order valence-corrected chi connectivity index (χ1v) is 10.6. The molecule has 1 fully saturated rings. The van der Waals surface area contributed by atoms with Gasteiger partial charge in [-0.1, -0.05) is 43.0 Å². The van der Waals surface area contributed by atoms with E-state index in [0.717, 1.165) is 27.6 Å². The highest BCUT2D eigenvalue weighted by Gasteiger charge is 2.31. The Labute approximate surface area is 186 Å². The van der Waals surface area contributed by atoms with E-state index in [1.807, 2.05) is 30.3 Å². The molecule has 0 aliphatic carbocycles. The van der Waals surface area contributed by atoms with E-state index >= 15 is 0 Å². The average molecular weight is 434 g/mol. The lowest BCUT2D eigenvalue weighted by Crippen LogP contribution is -2.51. The van der Waals surface area contributed by atoms with E-state index in [1.54, 1.807) is 18.2 Å². The Morgan fingerprint density at radius 3 is 2.62 bits per heavy atom. The molecule has 0 bridgehead atoms. The van der Waals surface area contributed by atoms with E-state index in [0.29, 0.717) is 26.2 Å². The second-order valence-electron chi connectivity index (χ2n) is 7.95. The molecule has 2 atom stereocenters. The summed E-state index contributed by atoms with van der Waals surface area (Å²) in [5, 5.41) is 13.5. The SMILES string of the molecule is C=CCOc1ccc2cc(COC3CN(C(=O)[O-])CCC3c3ccc(F)cc3)ccc2c1. The number of halogens is 1. The normalized spacial score (nSPS) is 18.5. The first-order chi connectivity index (χ1) is 15.5. The van der Waals surface area contributed by atoms with Crippen LogP contribution in [-0.2, 0) is 11.3 Å². The van der Waals surface area contributed by atoms with Crippen molar-refractivity contribution in [3.8, 4) is 5.75 Å². The van der Waals surface area contributed by atoms with Crippen molar-refractivity contribution in [1.29, 1.82) is 0 Å². The maximum Gasteiger partial charge on any atom is 0.137 e. The van der Waals surface area contributed by atoms with Crippen molar-refractivity contribution in [2.24, 2.45) is 0 Å². The number of carbonyl (C=O) groups excluding carboxylic acids is 1. The van der Waals surface area contributed by atoms with Gasteiger partial charge in [0.1, 0.15) is 24.3 Å². The van der Waals surface area contributed by atoms with E-state index in [1.165, 1.54) is 17.0 Å². The molecule has 3 aromatic carbocycles. The highest BCUT2D eigenvalue weighted by molar-refractivity contribution is 5.84. The van der Waals surface area contributed by atoms with E-state index in [-0.39, 0.29) is 24.4 Å². The summed E-state index contributed by atoms with van der Waals surface area (Å²) in [7, 11) is 0. The number of rotatable bonds is 7. The third-order valence-corrected chi connectivity index (χ3v) is 5.82. The molecule has 4 rings (SSSR count). The quantitative estimate of drug-likeness (QED) is 0.522. The molecular weight excluding hydrogens is 409 g/mol. The van der Waals surface area contributed by atoms with E-state index in [2.05, 4.69) is 12.6 Å². The Balaban J connectivity index is 1.49. The first-order valence-electron chi connectivity index (χ1n) is 10.6. The molecular formula is C26H25FNO4-. The Morgan fingerprint density at radius 2 is 1.88 bits per heavy atom. The number of ether oxygens (including phenoxy) is 2. The predicted octanol–water partition coefficient (Wildman–Crippen LogP) is 4.26. The van der Waals surface area contributed by atoms with Crippen molar-refractivity contribution >= 4 is 16.9 Å². The number of amides is 1. The van der Waals surface area contributed by atoms with Gasteiger partial charge in [0.15, 0.2) is 0 Å². The maximum atomic E-state index is 13.4. The van der Waals surface area contributed by atoms with Crippen LogP contribution in [-0.4, -0.2) is 36.8 Å². The fraction of sp³-hybridized carbons (Fsp3) is 0.269. The van der Waals surface area contributed by atoms with Gasteiger partial charge in [-0.25, -0.2) is 4.39 Å². The summed E-state index contributed by atoms with van der Waals surface area (Å²) in [6.07, 6.45) is 0.750. The van der Waals surface area contributed by atoms with Crippen molar-refractivity contribution in [2.75, 3.05) is 19.7 Å². The van der Waals surface area contributed by atoms with Crippen molar-refractivity contribution in [3.63, 3.8) is 0 Å². The van der Waals surface area contributed by atoms with Crippen molar-refractivity contribution in [3.05, 3.63) is 90.3 Å². The van der Waals surface area contributed by atoms with E-state index in [4.69, 9.17) is 9.47 Å². The monoisotopic (exact) mass is 434 g/mol. The standard InChI is InChI=1S/C26H26FNO4/c1-2-13-31-23-10-7-20-14-18(3-4-21(20)15-23)17-32-25-16-28(26(29)30)12-11-24(25)19-5-8-22(27)9-6-19/h2-10,14-15,24-25H,1,11-13,16-17H2,(H,29,30)/p-1. The molecule has 3 aromatic rings. The third kappa shape index (κ3) is 5.08. The van der Waals surface area contributed by atoms with Gasteiger partial charge in [-0.2, -0.15) is 0 Å². The number of nitrogens with zero attached hydrogens (tertiary/aromatic N) is 1. The number of benzene rings is 3. The molecule has 1 heterocycles. The van der Waals surface area contributed by atoms with Crippen LogP contribution >= 0.6 is 0 Å². The Hall–Kier alpha value is -3.38. The topological polar surface area (TPSA) is 61.8 Å². The molecule has 0 spiro atoms. The zero-order valence-electron chi connectivity index (χ0n) is 17.7. The number of carboxylic acid groups (broad SMARTS) is 1. The van der Waals surface area contributed by atoms with E-state index < -0.39 is 6.09 Å². The minimum absolute atomic E-state index is 0.0174. The third-order valence-electron chi connectivity index (χ3n) is 5.82. The fourth-order valence-corrected chi connectivity index (χ4v) is 4.15. The van der Waals surface area contributed by atoms with Crippen LogP contribution < -0.4 is 9.84 Å². The van der Waals surface area contributed by atoms with Gasteiger partial charge in [0.05, 0.1) is 12.7 Å². The fourth-order valence-electron chi connectivity index (χ4n) is 4.15. The molecule has 1 aliphatic heterocycles. The average Bonchev–Trinajstić information content (AvgIpc) is 2.81. The molecule has 1 aliphatic rings. The second-order valence-corrected chi connectivity index (χ2v) is 7.95. The molecule has 1 saturated heterocycles. The van der Waals surface area contributed by atoms with Gasteiger partial charge in [-0.15, -0.1) is 0 Å². The van der Waals surface area contributed by atoms with Crippen LogP contribution in [0.4, 0.5) is 9.18 Å². The smallest absolute Gasteiger partial charge is 0.137 e. The number of hydrogen-bond donors (Lipinski definition) is 0. The molecule has 2 unspecified atom stereocenters. The van der Waals surface area contributed by atoms with Gasteiger partial charge in [0.25, 0.3) is 0 Å². The van der Waals surface area contributed by atoms with Crippen LogP contribution in [0.1, 0.15) is 23.5 Å². The van der Waals surface area contributed by atoms with Crippen LogP contribution in [0.3, 0.4) is 0 Å². The Kier molecular flexibility index (Phi) is 6.71. The summed E-state index contributed by atoms with van der Waals surface area (Å²) in [5.41, 5.74) is 1.93. The molecule has 0 N–H and O–H groups in total. The summed E-state index contributed by atoms with van der Waals surface area (Å²) < 4.78 is 25.2. The number of likely N-dealkylation sites (tertiary alicyclic amines) is 1. The zero-order chi connectivity index (χ0) is 22.5. The van der Waals surface area contributed by atoms with Crippen LogP contribution in [0.15, 0.2) is 73.3 Å². The first kappa shape index (κ1) is 21.8. The summed E-state index contributed by atoms with van der Waals surface area (Å²) >= 11 is 0. The zero-order valence-corrected chi connectivity index (χ0v) is 17.7. The van der Waals surface area contributed by atoms with Gasteiger partial charge in [0, 0.05) is 19.0 Å². The van der Waals surface area contributed by atoms with Gasteiger partial charge in [0.2, 0.25) is 0 Å². The summed E-state index contributed by atoms with van der Waals surface area (Å²) in [5.74, 6) is 0.469. The molecule has 0 saturated carbocycles. The van der Waals surface area contributed by atoms with Crippen molar-refractivity contribution in [2.45, 2.75) is 25.0 Å². The number of fused-ring (bicyclic) bond motifs is 1. The van der Waals surface area contributed by atoms with Gasteiger partial charge in [-0.3, -0.25) is 0 Å². The number of carbonyl (C=O) groups is 1. The van der Waals surface area contributed by atoms with Crippen LogP contribution in [0, 0.1) is 5.82 Å². The van der Waals surface area contributed by atoms with Gasteiger partial charge >= 0.3 is 0 Å². The summed E-state index contributed by atoms with van der Waals surface area (Å²) in [6, 6.07) is 18.3. The molecule has 32 heavy (non-hydrogen) atoms. The maximum absolute atomic E-state index is 13.4. The molecule has 0 radical (unpaired) electrons. The Bertz CT molecular complexity index is 1100. The largest absolute Gasteiger partial charge is 0.530 e. The minimum atomic E-state index is -1.20. The summed E-state index contributed by atoms with van der Waals surface area (Å²) in [4.78, 5) is 12.7. The molecule has 0 aromatic heterocycles. The highest BCUT2D eigenvalue weighted by atomic mass is 19.1. The molecule has 166 valence electrons. The predicted molar refractivity (Wildman–Crippen MR) is 119 cm³/mol. The summed E-state index contributed by atoms with van der Waals surface area (Å²) in [6.45, 7) is 5.05. The van der Waals surface area contributed by atoms with Crippen molar-refractivity contribution < 1.29 is 23.8 Å². The molecule has 1 amide bonds. The van der Waals surface area contributed by atoms with Crippen LogP contribution in [0.2, 0.25) is 0 Å². The van der Waals surface area contributed by atoms with Crippen LogP contribution in [0.25, 0.3) is 10.8 Å². The minimum Gasteiger partial charge on any atom is -0.530 e. The Morgan fingerprint density at radius 1 is 1.12 bits per heavy atom. The second kappa shape index (κ2) is 9.83. The lowest BCUT2D eigenvalue weighted by molar-refractivity contribution is -0.268. The van der Waals surface area contributed by atoms with Gasteiger partial charge < -0.3 is 24.3 Å². The lowest BCUT2D eigenvalue weighted by atomic mass is 9.87. The number of hydrogen-bond acceptors (Lipinski definition) is 4.